The van der Waals surface area contributed by atoms with Crippen molar-refractivity contribution in [3.63, 3.8) is 0 Å². The molecule has 0 saturated carbocycles. The highest BCUT2D eigenvalue weighted by Crippen LogP contribution is 2.20. The second kappa shape index (κ2) is 5.55. The van der Waals surface area contributed by atoms with E-state index in [-0.39, 0.29) is 12.3 Å². The molecule has 1 amide bonds. The summed E-state index contributed by atoms with van der Waals surface area (Å²) < 4.78 is 5.56. The summed E-state index contributed by atoms with van der Waals surface area (Å²) in [4.78, 5) is 29.0. The lowest BCUT2D eigenvalue weighted by molar-refractivity contribution is -0.148. The second-order valence-corrected chi connectivity index (χ2v) is 5.16. The van der Waals surface area contributed by atoms with Crippen LogP contribution in [0.3, 0.4) is 0 Å². The molecule has 110 valence electrons. The van der Waals surface area contributed by atoms with Crippen LogP contribution in [-0.4, -0.2) is 39.5 Å². The van der Waals surface area contributed by atoms with Crippen LogP contribution in [0, 0.1) is 0 Å². The summed E-state index contributed by atoms with van der Waals surface area (Å²) in [7, 11) is 0. The lowest BCUT2D eigenvalue weighted by Gasteiger charge is -2.20. The molecule has 0 radical (unpaired) electrons. The van der Waals surface area contributed by atoms with Crippen molar-refractivity contribution in [3.8, 4) is 0 Å². The number of aromatic nitrogens is 1. The third kappa shape index (κ3) is 2.74. The van der Waals surface area contributed by atoms with E-state index in [9.17, 15) is 9.59 Å². The van der Waals surface area contributed by atoms with E-state index in [0.717, 1.165) is 11.9 Å². The van der Waals surface area contributed by atoms with Crippen molar-refractivity contribution in [2.75, 3.05) is 6.54 Å². The molecular weight excluding hydrogens is 272 g/mol. The number of para-hydroxylation sites is 2. The Hall–Kier alpha value is -2.37. The van der Waals surface area contributed by atoms with Gasteiger partial charge < -0.3 is 14.4 Å². The minimum absolute atomic E-state index is 0.151. The fourth-order valence-electron chi connectivity index (χ4n) is 2.71. The highest BCUT2D eigenvalue weighted by Gasteiger charge is 2.33. The first-order valence-corrected chi connectivity index (χ1v) is 7.02. The minimum atomic E-state index is -0.928. The average Bonchev–Trinajstić information content (AvgIpc) is 3.10. The van der Waals surface area contributed by atoms with Crippen LogP contribution < -0.4 is 0 Å². The number of carboxylic acid groups (broad SMARTS) is 1. The quantitative estimate of drug-likeness (QED) is 0.928. The molecule has 1 fully saturated rings. The Kier molecular flexibility index (Phi) is 3.60. The van der Waals surface area contributed by atoms with Crippen LogP contribution in [0.15, 0.2) is 28.7 Å². The summed E-state index contributed by atoms with van der Waals surface area (Å²) >= 11 is 0. The third-order valence-electron chi connectivity index (χ3n) is 3.75. The molecule has 1 aromatic heterocycles. The number of oxazole rings is 1. The third-order valence-corrected chi connectivity index (χ3v) is 3.75. The number of amides is 1. The van der Waals surface area contributed by atoms with E-state index in [1.807, 2.05) is 24.3 Å². The molecule has 1 atom stereocenters. The van der Waals surface area contributed by atoms with Gasteiger partial charge >= 0.3 is 5.97 Å². The van der Waals surface area contributed by atoms with Crippen molar-refractivity contribution >= 4 is 23.0 Å². The van der Waals surface area contributed by atoms with Gasteiger partial charge in [-0.25, -0.2) is 9.78 Å². The number of fused-ring (bicyclic) bond motifs is 1. The number of benzene rings is 1. The molecule has 2 heterocycles. The van der Waals surface area contributed by atoms with Crippen molar-refractivity contribution in [1.82, 2.24) is 9.88 Å². The topological polar surface area (TPSA) is 83.6 Å². The number of aryl methyl sites for hydroxylation is 1. The highest BCUT2D eigenvalue weighted by atomic mass is 16.4. The van der Waals surface area contributed by atoms with Gasteiger partial charge in [0, 0.05) is 19.4 Å². The molecule has 0 bridgehead atoms. The standard InChI is InChI=1S/C15H16N2O4/c18-14(17-9-3-5-11(17)15(19)20)8-7-13-16-10-4-1-2-6-12(10)21-13/h1-2,4,6,11H,3,5,7-9H2,(H,19,20)/t11-/m1/s1. The Morgan fingerprint density at radius 3 is 2.95 bits per heavy atom. The lowest BCUT2D eigenvalue weighted by atomic mass is 10.2. The van der Waals surface area contributed by atoms with E-state index in [4.69, 9.17) is 9.52 Å². The molecule has 0 unspecified atom stereocenters. The zero-order valence-corrected chi connectivity index (χ0v) is 11.5. The van der Waals surface area contributed by atoms with E-state index >= 15 is 0 Å². The van der Waals surface area contributed by atoms with Gasteiger partial charge in [0.25, 0.3) is 0 Å². The Balaban J connectivity index is 1.64. The first-order chi connectivity index (χ1) is 10.1. The monoisotopic (exact) mass is 288 g/mol. The van der Waals surface area contributed by atoms with E-state index in [2.05, 4.69) is 4.98 Å². The number of carbonyl (C=O) groups excluding carboxylic acids is 1. The Morgan fingerprint density at radius 1 is 1.38 bits per heavy atom. The van der Waals surface area contributed by atoms with Gasteiger partial charge in [-0.3, -0.25) is 4.79 Å². The van der Waals surface area contributed by atoms with Crippen molar-refractivity contribution < 1.29 is 19.1 Å². The average molecular weight is 288 g/mol. The molecule has 0 spiro atoms. The minimum Gasteiger partial charge on any atom is -0.480 e. The van der Waals surface area contributed by atoms with Crippen LogP contribution in [0.5, 0.6) is 0 Å². The van der Waals surface area contributed by atoms with Gasteiger partial charge in [0.2, 0.25) is 5.91 Å². The zero-order chi connectivity index (χ0) is 14.8. The van der Waals surface area contributed by atoms with Gasteiger partial charge in [-0.15, -0.1) is 0 Å². The number of aliphatic carboxylic acids is 1. The van der Waals surface area contributed by atoms with Gasteiger partial charge in [-0.2, -0.15) is 0 Å². The summed E-state index contributed by atoms with van der Waals surface area (Å²) in [6.07, 6.45) is 1.88. The maximum atomic E-state index is 12.1. The maximum absolute atomic E-state index is 12.1. The van der Waals surface area contributed by atoms with Crippen molar-refractivity contribution in [3.05, 3.63) is 30.2 Å². The highest BCUT2D eigenvalue weighted by molar-refractivity contribution is 5.84. The molecule has 6 heteroatoms. The van der Waals surface area contributed by atoms with Crippen LogP contribution in [0.2, 0.25) is 0 Å². The fraction of sp³-hybridized carbons (Fsp3) is 0.400. The lowest BCUT2D eigenvalue weighted by Crippen LogP contribution is -2.40. The molecule has 2 aromatic rings. The number of carbonyl (C=O) groups is 2. The molecule has 1 aromatic carbocycles. The molecule has 0 aliphatic carbocycles. The van der Waals surface area contributed by atoms with Crippen molar-refractivity contribution in [1.29, 1.82) is 0 Å². The normalized spacial score (nSPS) is 18.3. The Bertz CT molecular complexity index is 646. The second-order valence-electron chi connectivity index (χ2n) is 5.16. The fourth-order valence-corrected chi connectivity index (χ4v) is 2.71. The Labute approximate surface area is 121 Å². The SMILES string of the molecule is O=C(O)[C@H]1CCCN1C(=O)CCc1nc2ccccc2o1. The summed E-state index contributed by atoms with van der Waals surface area (Å²) in [5.41, 5.74) is 1.47. The summed E-state index contributed by atoms with van der Waals surface area (Å²) in [6.45, 7) is 0.517. The Morgan fingerprint density at radius 2 is 2.19 bits per heavy atom. The number of likely N-dealkylation sites (tertiary alicyclic amines) is 1. The van der Waals surface area contributed by atoms with Gasteiger partial charge in [-0.05, 0) is 25.0 Å². The molecule has 3 rings (SSSR count). The molecule has 1 aliphatic rings. The van der Waals surface area contributed by atoms with Crippen LogP contribution >= 0.6 is 0 Å². The van der Waals surface area contributed by atoms with Gasteiger partial charge in [0.15, 0.2) is 11.5 Å². The first kappa shape index (κ1) is 13.6. The molecule has 1 saturated heterocycles. The van der Waals surface area contributed by atoms with E-state index < -0.39 is 12.0 Å². The van der Waals surface area contributed by atoms with Crippen LogP contribution in [-0.2, 0) is 16.0 Å². The molecule has 21 heavy (non-hydrogen) atoms. The largest absolute Gasteiger partial charge is 0.480 e. The van der Waals surface area contributed by atoms with Crippen LogP contribution in [0.1, 0.15) is 25.2 Å². The van der Waals surface area contributed by atoms with Crippen molar-refractivity contribution in [2.45, 2.75) is 31.7 Å². The predicted molar refractivity (Wildman–Crippen MR) is 74.7 cm³/mol. The van der Waals surface area contributed by atoms with Crippen LogP contribution in [0.4, 0.5) is 0 Å². The number of nitrogens with zero attached hydrogens (tertiary/aromatic N) is 2. The zero-order valence-electron chi connectivity index (χ0n) is 11.5. The molecular formula is C15H16N2O4. The molecule has 1 N–H and O–H groups in total. The number of hydrogen-bond acceptors (Lipinski definition) is 4. The van der Waals surface area contributed by atoms with Crippen LogP contribution in [0.25, 0.3) is 11.1 Å². The smallest absolute Gasteiger partial charge is 0.326 e. The van der Waals surface area contributed by atoms with Crippen molar-refractivity contribution in [2.24, 2.45) is 0 Å². The van der Waals surface area contributed by atoms with E-state index in [1.54, 1.807) is 0 Å². The number of rotatable bonds is 4. The van der Waals surface area contributed by atoms with Gasteiger partial charge in [0.05, 0.1) is 0 Å². The summed E-state index contributed by atoms with van der Waals surface area (Å²) in [6, 6.07) is 6.74. The van der Waals surface area contributed by atoms with E-state index in [1.165, 1.54) is 4.90 Å². The van der Waals surface area contributed by atoms with Gasteiger partial charge in [-0.1, -0.05) is 12.1 Å². The number of hydrogen-bond donors (Lipinski definition) is 1. The molecule has 6 nitrogen and oxygen atoms in total. The summed E-state index contributed by atoms with van der Waals surface area (Å²) in [5, 5.41) is 9.09. The maximum Gasteiger partial charge on any atom is 0.326 e. The van der Waals surface area contributed by atoms with Gasteiger partial charge in [0.1, 0.15) is 11.6 Å². The summed E-state index contributed by atoms with van der Waals surface area (Å²) in [5.74, 6) is -0.569. The number of carboxylic acids is 1. The first-order valence-electron chi connectivity index (χ1n) is 7.02. The van der Waals surface area contributed by atoms with E-state index in [0.29, 0.717) is 30.9 Å². The molecule has 1 aliphatic heterocycles. The predicted octanol–water partition coefficient (Wildman–Crippen LogP) is 1.84.